The van der Waals surface area contributed by atoms with Gasteiger partial charge in [-0.15, -0.1) is 0 Å². The van der Waals surface area contributed by atoms with Crippen LogP contribution in [0, 0.1) is 34.5 Å². The van der Waals surface area contributed by atoms with E-state index in [1.54, 1.807) is 0 Å². The molecule has 4 unspecified atom stereocenters. The van der Waals surface area contributed by atoms with Gasteiger partial charge in [-0.25, -0.2) is 0 Å². The van der Waals surface area contributed by atoms with Crippen LogP contribution in [0.1, 0.15) is 155 Å². The monoisotopic (exact) mass is 913 g/mol. The second-order valence-corrected chi connectivity index (χ2v) is 23.9. The van der Waals surface area contributed by atoms with Crippen molar-refractivity contribution in [2.75, 3.05) is 7.11 Å². The lowest BCUT2D eigenvalue weighted by molar-refractivity contribution is -0.148. The predicted molar refractivity (Wildman–Crippen MR) is 269 cm³/mol. The van der Waals surface area contributed by atoms with E-state index in [1.807, 2.05) is 0 Å². The molecule has 4 saturated heterocycles. The zero-order valence-corrected chi connectivity index (χ0v) is 41.8. The summed E-state index contributed by atoms with van der Waals surface area (Å²) >= 11 is 0. The maximum atomic E-state index is 12.1. The number of rotatable bonds is 10. The Balaban J connectivity index is 0.000000168. The van der Waals surface area contributed by atoms with Crippen LogP contribution in [-0.2, 0) is 27.4 Å². The van der Waals surface area contributed by atoms with E-state index < -0.39 is 5.97 Å². The molecule has 6 aliphatic rings. The number of hydrogen-bond donors (Lipinski definition) is 1. The fourth-order valence-electron chi connectivity index (χ4n) is 13.5. The lowest BCUT2D eigenvalue weighted by Gasteiger charge is -2.38. The Kier molecular flexibility index (Phi) is 14.3. The largest absolute Gasteiger partial charge is 0.490 e. The zero-order chi connectivity index (χ0) is 47.0. The lowest BCUT2D eigenvalue weighted by Crippen LogP contribution is -2.44. The van der Waals surface area contributed by atoms with E-state index in [9.17, 15) is 14.7 Å². The van der Waals surface area contributed by atoms with Crippen molar-refractivity contribution >= 4 is 33.5 Å². The Labute approximate surface area is 401 Å². The van der Waals surface area contributed by atoms with Gasteiger partial charge < -0.3 is 19.3 Å². The maximum Gasteiger partial charge on any atom is 0.308 e. The Morgan fingerprint density at radius 1 is 0.537 bits per heavy atom. The van der Waals surface area contributed by atoms with Crippen molar-refractivity contribution in [2.45, 2.75) is 194 Å². The van der Waals surface area contributed by atoms with Gasteiger partial charge in [-0.3, -0.25) is 19.4 Å². The number of esters is 1. The van der Waals surface area contributed by atoms with Crippen LogP contribution in [-0.4, -0.2) is 70.3 Å². The molecule has 0 spiro atoms. The second kappa shape index (κ2) is 20.1. The molecule has 8 heteroatoms. The first-order valence-corrected chi connectivity index (χ1v) is 26.3. The molecule has 10 rings (SSSR count). The van der Waals surface area contributed by atoms with Gasteiger partial charge in [0.05, 0.1) is 31.2 Å². The molecular formula is C59H80N2O6. The molecule has 8 nitrogen and oxygen atoms in total. The molecule has 4 atom stereocenters. The minimum absolute atomic E-state index is 0.0262. The van der Waals surface area contributed by atoms with Crippen molar-refractivity contribution in [2.24, 2.45) is 34.5 Å². The third-order valence-electron chi connectivity index (χ3n) is 17.6. The minimum Gasteiger partial charge on any atom is -0.490 e. The van der Waals surface area contributed by atoms with Crippen LogP contribution in [0.4, 0.5) is 0 Å². The van der Waals surface area contributed by atoms with Crippen LogP contribution in [0.3, 0.4) is 0 Å². The van der Waals surface area contributed by atoms with Gasteiger partial charge in [0.2, 0.25) is 0 Å². The van der Waals surface area contributed by atoms with Gasteiger partial charge in [-0.1, -0.05) is 90.1 Å². The molecule has 0 aromatic heterocycles. The first-order chi connectivity index (χ1) is 32.1. The van der Waals surface area contributed by atoms with E-state index in [2.05, 4.69) is 124 Å². The number of nitrogens with zero attached hydrogens (tertiary/aromatic N) is 2. The number of fused-ring (bicyclic) bond motifs is 6. The van der Waals surface area contributed by atoms with Crippen molar-refractivity contribution in [1.29, 1.82) is 0 Å². The fraction of sp³-hybridized carbons (Fsp3) is 0.627. The van der Waals surface area contributed by atoms with Crippen molar-refractivity contribution in [3.63, 3.8) is 0 Å². The molecule has 67 heavy (non-hydrogen) atoms. The number of methoxy groups -OCH3 is 1. The first kappa shape index (κ1) is 47.9. The Morgan fingerprint density at radius 3 is 1.28 bits per heavy atom. The molecule has 4 aromatic carbocycles. The summed E-state index contributed by atoms with van der Waals surface area (Å²) < 4.78 is 18.1. The van der Waals surface area contributed by atoms with Gasteiger partial charge in [0.15, 0.2) is 0 Å². The molecule has 2 saturated carbocycles. The summed E-state index contributed by atoms with van der Waals surface area (Å²) in [4.78, 5) is 28.8. The van der Waals surface area contributed by atoms with E-state index in [0.717, 1.165) is 101 Å². The quantitative estimate of drug-likeness (QED) is 0.157. The normalized spacial score (nSPS) is 30.1. The average Bonchev–Trinajstić information content (AvgIpc) is 3.65. The molecule has 362 valence electrons. The summed E-state index contributed by atoms with van der Waals surface area (Å²) in [5, 5.41) is 14.4. The number of carboxylic acids is 1. The standard InChI is InChI=1S/C30H41NO3.C29H39NO3/c1-30(2,3)23-9-13-26(14-10-23)34-28-7-5-6-21-16-20(8-15-27(21)28)19-31-24-11-12-25(31)18-22(17-24)29(32)33-4;1-29(2,3)22-8-12-25(13-9-22)33-27-6-4-5-20-15-19(7-14-26(20)27)18-30-23-10-11-24(30)17-21(16-23)28(31)32/h5-8,15-16,22-26H,9-14,17-19H2,1-4H3;4-7,14-15,21-25H,8-13,16-18H2,1-3H3,(H,31,32). The molecule has 4 heterocycles. The highest BCUT2D eigenvalue weighted by atomic mass is 16.5. The van der Waals surface area contributed by atoms with E-state index >= 15 is 0 Å². The van der Waals surface area contributed by atoms with Gasteiger partial charge in [0.1, 0.15) is 11.5 Å². The number of piperidine rings is 2. The van der Waals surface area contributed by atoms with Crippen molar-refractivity contribution < 1.29 is 28.9 Å². The van der Waals surface area contributed by atoms with Gasteiger partial charge in [-0.2, -0.15) is 0 Å². The highest BCUT2D eigenvalue weighted by molar-refractivity contribution is 5.89. The number of carbonyl (C=O) groups excluding carboxylic acids is 1. The van der Waals surface area contributed by atoms with Gasteiger partial charge in [-0.05, 0) is 172 Å². The van der Waals surface area contributed by atoms with Crippen LogP contribution in [0.15, 0.2) is 72.8 Å². The molecule has 0 radical (unpaired) electrons. The first-order valence-electron chi connectivity index (χ1n) is 26.3. The van der Waals surface area contributed by atoms with Crippen LogP contribution in [0.2, 0.25) is 0 Å². The highest BCUT2D eigenvalue weighted by Gasteiger charge is 2.44. The highest BCUT2D eigenvalue weighted by Crippen LogP contribution is 2.44. The lowest BCUT2D eigenvalue weighted by atomic mass is 9.72. The SMILES string of the molecule is CC(C)(C)C1CCC(Oc2cccc3cc(CN4C5CCC4CC(C(=O)O)C5)ccc23)CC1.COC(=O)C1CC2CCC(C1)N2Cc1ccc2c(OC3CCC(C(C)(C)C)CC3)cccc2c1. The third-order valence-corrected chi connectivity index (χ3v) is 17.6. The van der Waals surface area contributed by atoms with Gasteiger partial charge in [0.25, 0.3) is 0 Å². The number of benzene rings is 4. The zero-order valence-electron chi connectivity index (χ0n) is 41.8. The smallest absolute Gasteiger partial charge is 0.308 e. The van der Waals surface area contributed by atoms with E-state index in [1.165, 1.54) is 78.3 Å². The topological polar surface area (TPSA) is 88.5 Å². The fourth-order valence-corrected chi connectivity index (χ4v) is 13.5. The average molecular weight is 913 g/mol. The molecule has 0 amide bonds. The maximum absolute atomic E-state index is 12.1. The van der Waals surface area contributed by atoms with Crippen LogP contribution in [0.5, 0.6) is 11.5 Å². The van der Waals surface area contributed by atoms with Crippen molar-refractivity contribution in [3.05, 3.63) is 83.9 Å². The third kappa shape index (κ3) is 11.0. The van der Waals surface area contributed by atoms with Crippen molar-refractivity contribution in [1.82, 2.24) is 9.80 Å². The van der Waals surface area contributed by atoms with Crippen LogP contribution < -0.4 is 9.47 Å². The number of carboxylic acid groups (broad SMARTS) is 1. The Hall–Kier alpha value is -4.14. The Morgan fingerprint density at radius 2 is 0.925 bits per heavy atom. The van der Waals surface area contributed by atoms with Crippen LogP contribution >= 0.6 is 0 Å². The summed E-state index contributed by atoms with van der Waals surface area (Å²) in [5.41, 5.74) is 3.46. The summed E-state index contributed by atoms with van der Waals surface area (Å²) in [6, 6.07) is 28.4. The molecule has 1 N–H and O–H groups in total. The molecule has 6 fully saturated rings. The summed E-state index contributed by atoms with van der Waals surface area (Å²) in [7, 11) is 1.51. The molecule has 4 bridgehead atoms. The van der Waals surface area contributed by atoms with E-state index in [-0.39, 0.29) is 17.8 Å². The number of carbonyl (C=O) groups is 2. The molecule has 2 aliphatic carbocycles. The summed E-state index contributed by atoms with van der Waals surface area (Å²) in [6.07, 6.45) is 18.4. The van der Waals surface area contributed by atoms with E-state index in [4.69, 9.17) is 14.2 Å². The predicted octanol–water partition coefficient (Wildman–Crippen LogP) is 13.4. The van der Waals surface area contributed by atoms with Gasteiger partial charge >= 0.3 is 11.9 Å². The molecule has 4 aliphatic heterocycles. The van der Waals surface area contributed by atoms with Gasteiger partial charge in [0, 0.05) is 48.0 Å². The van der Waals surface area contributed by atoms with Crippen LogP contribution in [0.25, 0.3) is 21.5 Å². The van der Waals surface area contributed by atoms with E-state index in [0.29, 0.717) is 47.2 Å². The minimum atomic E-state index is -0.614. The van der Waals surface area contributed by atoms with Crippen molar-refractivity contribution in [3.8, 4) is 11.5 Å². The number of ether oxygens (including phenoxy) is 3. The summed E-state index contributed by atoms with van der Waals surface area (Å²) in [6.45, 7) is 16.1. The number of aliphatic carboxylic acids is 1. The summed E-state index contributed by atoms with van der Waals surface area (Å²) in [5.74, 6) is 2.92. The molecular weight excluding hydrogens is 833 g/mol. The number of hydrogen-bond acceptors (Lipinski definition) is 7. The Bertz CT molecular complexity index is 2320. The second-order valence-electron chi connectivity index (χ2n) is 23.9. The molecule has 4 aromatic rings.